The van der Waals surface area contributed by atoms with Gasteiger partial charge in [-0.3, -0.25) is 0 Å². The number of hydrogen-bond acceptors (Lipinski definition) is 1. The third-order valence-electron chi connectivity index (χ3n) is 9.63. The van der Waals surface area contributed by atoms with E-state index in [0.717, 1.165) is 17.1 Å². The van der Waals surface area contributed by atoms with Crippen molar-refractivity contribution >= 4 is 49.4 Å². The van der Waals surface area contributed by atoms with Crippen LogP contribution in [0.5, 0.6) is 0 Å². The highest BCUT2D eigenvalue weighted by atomic mass is 15.1. The fourth-order valence-electron chi connectivity index (χ4n) is 7.49. The van der Waals surface area contributed by atoms with Crippen molar-refractivity contribution in [2.45, 2.75) is 0 Å². The maximum atomic E-state index is 2.37. The van der Waals surface area contributed by atoms with Crippen LogP contribution in [0.1, 0.15) is 0 Å². The lowest BCUT2D eigenvalue weighted by Gasteiger charge is -2.27. The predicted octanol–water partition coefficient (Wildman–Crippen LogP) is 13.6. The van der Waals surface area contributed by atoms with Gasteiger partial charge in [0, 0.05) is 16.8 Å². The van der Waals surface area contributed by atoms with E-state index < -0.39 is 0 Å². The number of para-hydroxylation sites is 2. The van der Waals surface area contributed by atoms with Crippen molar-refractivity contribution in [1.29, 1.82) is 0 Å². The van der Waals surface area contributed by atoms with Crippen LogP contribution in [0.25, 0.3) is 65.7 Å². The second-order valence-corrected chi connectivity index (χ2v) is 12.5. The second-order valence-electron chi connectivity index (χ2n) is 12.5. The molecule has 0 N–H and O–H groups in total. The summed E-state index contributed by atoms with van der Waals surface area (Å²) in [5.41, 5.74) is 10.9. The lowest BCUT2D eigenvalue weighted by molar-refractivity contribution is 1.30. The van der Waals surface area contributed by atoms with Crippen molar-refractivity contribution in [2.75, 3.05) is 4.90 Å². The molecule has 0 aliphatic carbocycles. The fraction of sp³-hybridized carbons (Fsp3) is 0. The summed E-state index contributed by atoms with van der Waals surface area (Å²) in [5.74, 6) is 0. The average molecular weight is 624 g/mol. The van der Waals surface area contributed by atoms with Crippen LogP contribution in [0.2, 0.25) is 0 Å². The lowest BCUT2D eigenvalue weighted by atomic mass is 9.84. The van der Waals surface area contributed by atoms with Crippen molar-refractivity contribution in [3.05, 3.63) is 200 Å². The quantitative estimate of drug-likeness (QED) is 0.167. The van der Waals surface area contributed by atoms with Gasteiger partial charge in [-0.05, 0) is 96.7 Å². The largest absolute Gasteiger partial charge is 0.310 e. The summed E-state index contributed by atoms with van der Waals surface area (Å²) in [6, 6.07) is 72.3. The molecular formula is C48H33N. The van der Waals surface area contributed by atoms with Gasteiger partial charge in [-0.2, -0.15) is 0 Å². The maximum Gasteiger partial charge on any atom is 0.0540 e. The van der Waals surface area contributed by atoms with Crippen LogP contribution in [-0.2, 0) is 0 Å². The number of hydrogen-bond donors (Lipinski definition) is 0. The third-order valence-corrected chi connectivity index (χ3v) is 9.63. The van der Waals surface area contributed by atoms with Crippen LogP contribution >= 0.6 is 0 Å². The topological polar surface area (TPSA) is 3.24 Å². The zero-order valence-electron chi connectivity index (χ0n) is 27.0. The average Bonchev–Trinajstić information content (AvgIpc) is 3.18. The number of benzene rings is 9. The highest BCUT2D eigenvalue weighted by Gasteiger charge is 2.21. The zero-order chi connectivity index (χ0) is 32.6. The second kappa shape index (κ2) is 12.3. The van der Waals surface area contributed by atoms with Crippen LogP contribution in [-0.4, -0.2) is 0 Å². The minimum absolute atomic E-state index is 1.13. The zero-order valence-corrected chi connectivity index (χ0v) is 27.0. The number of nitrogens with zero attached hydrogens (tertiary/aromatic N) is 1. The smallest absolute Gasteiger partial charge is 0.0540 e. The van der Waals surface area contributed by atoms with Gasteiger partial charge >= 0.3 is 0 Å². The van der Waals surface area contributed by atoms with E-state index in [1.54, 1.807) is 0 Å². The number of fused-ring (bicyclic) bond motifs is 3. The molecule has 0 spiro atoms. The van der Waals surface area contributed by atoms with E-state index in [2.05, 4.69) is 205 Å². The molecule has 1 nitrogen and oxygen atoms in total. The van der Waals surface area contributed by atoms with Gasteiger partial charge in [-0.25, -0.2) is 0 Å². The molecule has 1 heteroatoms. The maximum absolute atomic E-state index is 2.37. The molecule has 9 aromatic carbocycles. The van der Waals surface area contributed by atoms with E-state index in [4.69, 9.17) is 0 Å². The van der Waals surface area contributed by atoms with Gasteiger partial charge in [-0.1, -0.05) is 164 Å². The van der Waals surface area contributed by atoms with Gasteiger partial charge < -0.3 is 4.90 Å². The van der Waals surface area contributed by atoms with E-state index in [-0.39, 0.29) is 0 Å². The molecule has 0 aromatic heterocycles. The molecule has 9 aromatic rings. The first-order valence-corrected chi connectivity index (χ1v) is 16.9. The fourth-order valence-corrected chi connectivity index (χ4v) is 7.49. The van der Waals surface area contributed by atoms with Crippen molar-refractivity contribution < 1.29 is 0 Å². The van der Waals surface area contributed by atoms with E-state index in [1.807, 2.05) is 0 Å². The lowest BCUT2D eigenvalue weighted by Crippen LogP contribution is -2.10. The highest BCUT2D eigenvalue weighted by molar-refractivity contribution is 6.24. The van der Waals surface area contributed by atoms with Crippen molar-refractivity contribution in [2.24, 2.45) is 0 Å². The molecular weight excluding hydrogens is 591 g/mol. The Labute approximate surface area is 287 Å². The molecule has 230 valence electrons. The normalized spacial score (nSPS) is 11.3. The Hall–Kier alpha value is -6.44. The molecule has 0 amide bonds. The summed E-state index contributed by atoms with van der Waals surface area (Å²) in [6.07, 6.45) is 0. The van der Waals surface area contributed by atoms with E-state index in [0.29, 0.717) is 0 Å². The summed E-state index contributed by atoms with van der Waals surface area (Å²) in [4.78, 5) is 2.37. The van der Waals surface area contributed by atoms with Crippen LogP contribution in [0.4, 0.5) is 17.1 Å². The minimum atomic E-state index is 1.13. The first-order chi connectivity index (χ1) is 24.3. The number of rotatable bonds is 6. The molecule has 0 radical (unpaired) electrons. The molecule has 0 fully saturated rings. The molecule has 0 saturated carbocycles. The van der Waals surface area contributed by atoms with Crippen LogP contribution in [0, 0.1) is 0 Å². The van der Waals surface area contributed by atoms with E-state index in [9.17, 15) is 0 Å². The Morgan fingerprint density at radius 1 is 0.265 bits per heavy atom. The Bertz CT molecular complexity index is 2490. The minimum Gasteiger partial charge on any atom is -0.310 e. The molecule has 0 bridgehead atoms. The summed E-state index contributed by atoms with van der Waals surface area (Å²) >= 11 is 0. The standard InChI is InChI=1S/C48H33N/c1-4-17-34(18-5-1)35-19-16-20-36(33-35)47-41-27-12-14-29-43(41)48(44-30-15-13-28-42(44)47)45-31-32-46(40-26-11-10-25-39(40)45)49(37-21-6-2-7-22-37)38-23-8-3-9-24-38/h1-33H. The summed E-state index contributed by atoms with van der Waals surface area (Å²) < 4.78 is 0. The van der Waals surface area contributed by atoms with Gasteiger partial charge in [0.05, 0.1) is 5.69 Å². The van der Waals surface area contributed by atoms with Crippen molar-refractivity contribution in [3.8, 4) is 33.4 Å². The van der Waals surface area contributed by atoms with Gasteiger partial charge in [0.2, 0.25) is 0 Å². The summed E-state index contributed by atoms with van der Waals surface area (Å²) in [6.45, 7) is 0. The predicted molar refractivity (Wildman–Crippen MR) is 210 cm³/mol. The van der Waals surface area contributed by atoms with E-state index >= 15 is 0 Å². The summed E-state index contributed by atoms with van der Waals surface area (Å²) in [7, 11) is 0. The Morgan fingerprint density at radius 2 is 0.694 bits per heavy atom. The van der Waals surface area contributed by atoms with Crippen molar-refractivity contribution in [1.82, 2.24) is 0 Å². The molecule has 0 heterocycles. The van der Waals surface area contributed by atoms with Crippen LogP contribution in [0.15, 0.2) is 200 Å². The van der Waals surface area contributed by atoms with Crippen LogP contribution in [0.3, 0.4) is 0 Å². The molecule has 0 aliphatic heterocycles. The molecule has 0 aliphatic rings. The molecule has 0 saturated heterocycles. The Morgan fingerprint density at radius 3 is 1.27 bits per heavy atom. The SMILES string of the molecule is c1ccc(-c2cccc(-c3c4ccccc4c(-c4ccc(N(c5ccccc5)c5ccccc5)c5ccccc45)c4ccccc34)c2)cc1. The molecule has 9 rings (SSSR count). The Kier molecular flexibility index (Phi) is 7.22. The van der Waals surface area contributed by atoms with Gasteiger partial charge in [0.1, 0.15) is 0 Å². The van der Waals surface area contributed by atoms with Gasteiger partial charge in [0.15, 0.2) is 0 Å². The third kappa shape index (κ3) is 5.04. The number of anilines is 3. The van der Waals surface area contributed by atoms with Crippen molar-refractivity contribution in [3.63, 3.8) is 0 Å². The molecule has 0 atom stereocenters. The van der Waals surface area contributed by atoms with E-state index in [1.165, 1.54) is 65.7 Å². The van der Waals surface area contributed by atoms with Gasteiger partial charge in [0.25, 0.3) is 0 Å². The van der Waals surface area contributed by atoms with Crippen LogP contribution < -0.4 is 4.90 Å². The highest BCUT2D eigenvalue weighted by Crippen LogP contribution is 2.48. The molecule has 49 heavy (non-hydrogen) atoms. The first-order valence-electron chi connectivity index (χ1n) is 16.9. The first kappa shape index (κ1) is 28.8. The monoisotopic (exact) mass is 623 g/mol. The Balaban J connectivity index is 1.31. The van der Waals surface area contributed by atoms with Gasteiger partial charge in [-0.15, -0.1) is 0 Å². The summed E-state index contributed by atoms with van der Waals surface area (Å²) in [5, 5.41) is 7.45. The molecule has 0 unspecified atom stereocenters.